The Bertz CT molecular complexity index is 1340. The van der Waals surface area contributed by atoms with E-state index in [0.29, 0.717) is 32.7 Å². The van der Waals surface area contributed by atoms with Crippen LogP contribution < -0.4 is 25.7 Å². The van der Waals surface area contributed by atoms with Crippen molar-refractivity contribution >= 4 is 27.9 Å². The molecule has 1 saturated carbocycles. The summed E-state index contributed by atoms with van der Waals surface area (Å²) in [5.74, 6) is 0.0120. The maximum Gasteiger partial charge on any atom is 0.407 e. The van der Waals surface area contributed by atoms with Crippen LogP contribution in [0.15, 0.2) is 21.4 Å². The minimum absolute atomic E-state index is 0.0386. The first-order valence-electron chi connectivity index (χ1n) is 13.3. The van der Waals surface area contributed by atoms with E-state index in [2.05, 4.69) is 31.5 Å². The summed E-state index contributed by atoms with van der Waals surface area (Å²) in [6, 6.07) is 3.65. The van der Waals surface area contributed by atoms with Crippen molar-refractivity contribution in [2.24, 2.45) is 5.92 Å². The van der Waals surface area contributed by atoms with Gasteiger partial charge in [0.2, 0.25) is 0 Å². The molecule has 0 unspecified atom stereocenters. The number of halogens is 1. The van der Waals surface area contributed by atoms with Gasteiger partial charge in [-0.3, -0.25) is 9.59 Å². The summed E-state index contributed by atoms with van der Waals surface area (Å²) in [6.45, 7) is 13.1. The SMILES string of the molecule is Cc1cc(C)c(CNC(=O)c2cc(Br)c3c(c2C)O[C@@](C)(C2CCC(NC(=O)OC(C)(C)C)CC2)O3)c(=O)[nH]1. The summed E-state index contributed by atoms with van der Waals surface area (Å²) in [6.07, 6.45) is 2.78. The zero-order chi connectivity index (χ0) is 28.7. The molecule has 2 heterocycles. The Kier molecular flexibility index (Phi) is 8.08. The predicted molar refractivity (Wildman–Crippen MR) is 151 cm³/mol. The Labute approximate surface area is 237 Å². The Morgan fingerprint density at radius 2 is 1.74 bits per heavy atom. The van der Waals surface area contributed by atoms with E-state index in [1.807, 2.05) is 54.5 Å². The first-order chi connectivity index (χ1) is 18.2. The van der Waals surface area contributed by atoms with Gasteiger partial charge in [0, 0.05) is 47.8 Å². The van der Waals surface area contributed by atoms with Crippen LogP contribution in [0.5, 0.6) is 11.5 Å². The van der Waals surface area contributed by atoms with Crippen LogP contribution in [0, 0.1) is 26.7 Å². The third kappa shape index (κ3) is 6.42. The second-order valence-electron chi connectivity index (χ2n) is 11.7. The van der Waals surface area contributed by atoms with Gasteiger partial charge in [-0.15, -0.1) is 0 Å². The largest absolute Gasteiger partial charge is 0.448 e. The van der Waals surface area contributed by atoms with E-state index in [-0.39, 0.29) is 30.0 Å². The lowest BCUT2D eigenvalue weighted by Crippen LogP contribution is -2.48. The highest BCUT2D eigenvalue weighted by Gasteiger charge is 2.47. The zero-order valence-electron chi connectivity index (χ0n) is 23.7. The molecule has 9 nitrogen and oxygen atoms in total. The lowest BCUT2D eigenvalue weighted by molar-refractivity contribution is -0.121. The molecule has 39 heavy (non-hydrogen) atoms. The number of alkyl carbamates (subject to hydrolysis) is 1. The van der Waals surface area contributed by atoms with Crippen LogP contribution in [0.4, 0.5) is 4.79 Å². The van der Waals surface area contributed by atoms with Crippen molar-refractivity contribution in [2.75, 3.05) is 0 Å². The number of ether oxygens (including phenoxy) is 3. The maximum absolute atomic E-state index is 13.2. The summed E-state index contributed by atoms with van der Waals surface area (Å²) >= 11 is 3.56. The number of hydrogen-bond acceptors (Lipinski definition) is 6. The topological polar surface area (TPSA) is 119 Å². The van der Waals surface area contributed by atoms with Crippen LogP contribution in [0.25, 0.3) is 0 Å². The summed E-state index contributed by atoms with van der Waals surface area (Å²) in [7, 11) is 0. The Morgan fingerprint density at radius 3 is 2.36 bits per heavy atom. The molecular weight excluding hydrogens is 566 g/mol. The van der Waals surface area contributed by atoms with Crippen molar-refractivity contribution in [3.05, 3.63) is 54.9 Å². The minimum atomic E-state index is -0.895. The lowest BCUT2D eigenvalue weighted by atomic mass is 9.81. The van der Waals surface area contributed by atoms with Crippen LogP contribution in [-0.2, 0) is 11.3 Å². The first-order valence-corrected chi connectivity index (χ1v) is 14.1. The molecule has 0 bridgehead atoms. The molecule has 1 aliphatic heterocycles. The van der Waals surface area contributed by atoms with Gasteiger partial charge in [0.25, 0.3) is 17.3 Å². The Morgan fingerprint density at radius 1 is 1.10 bits per heavy atom. The molecule has 2 aromatic rings. The number of hydrogen-bond donors (Lipinski definition) is 3. The minimum Gasteiger partial charge on any atom is -0.448 e. The van der Waals surface area contributed by atoms with E-state index in [1.54, 1.807) is 6.07 Å². The molecule has 1 atom stereocenters. The number of nitrogens with one attached hydrogen (secondary N) is 3. The molecule has 1 aromatic carbocycles. The molecule has 2 amide bonds. The van der Waals surface area contributed by atoms with Crippen LogP contribution in [-0.4, -0.2) is 34.4 Å². The number of pyridine rings is 1. The number of carbonyl (C=O) groups excluding carboxylic acids is 2. The highest BCUT2D eigenvalue weighted by molar-refractivity contribution is 9.10. The van der Waals surface area contributed by atoms with E-state index >= 15 is 0 Å². The van der Waals surface area contributed by atoms with Crippen molar-refractivity contribution in [1.29, 1.82) is 0 Å². The average molecular weight is 605 g/mol. The van der Waals surface area contributed by atoms with Crippen LogP contribution in [0.2, 0.25) is 0 Å². The molecule has 0 saturated heterocycles. The number of aryl methyl sites for hydroxylation is 2. The van der Waals surface area contributed by atoms with Crippen LogP contribution in [0.1, 0.15) is 86.1 Å². The van der Waals surface area contributed by atoms with E-state index in [4.69, 9.17) is 14.2 Å². The molecule has 1 fully saturated rings. The molecule has 212 valence electrons. The monoisotopic (exact) mass is 603 g/mol. The fourth-order valence-electron chi connectivity index (χ4n) is 5.35. The van der Waals surface area contributed by atoms with Gasteiger partial charge in [-0.1, -0.05) is 0 Å². The highest BCUT2D eigenvalue weighted by atomic mass is 79.9. The molecule has 1 aromatic heterocycles. The number of rotatable bonds is 5. The number of benzene rings is 1. The zero-order valence-corrected chi connectivity index (χ0v) is 25.3. The molecule has 2 aliphatic rings. The molecule has 0 spiro atoms. The number of aromatic amines is 1. The van der Waals surface area contributed by atoms with Crippen LogP contribution in [0.3, 0.4) is 0 Å². The number of aromatic nitrogens is 1. The standard InChI is InChI=1S/C29H38BrN3O6/c1-15-12-16(2)32-26(35)21(15)14-31-25(34)20-13-22(30)24-23(17(20)3)37-29(7,38-24)18-8-10-19(11-9-18)33-27(36)39-28(4,5)6/h12-13,18-19H,8-11,14H2,1-7H3,(H,31,34)(H,32,35)(H,33,36)/t18?,19?,29-/m1/s1. The smallest absolute Gasteiger partial charge is 0.407 e. The molecule has 4 rings (SSSR count). The van der Waals surface area contributed by atoms with Gasteiger partial charge in [-0.2, -0.15) is 0 Å². The Hall–Kier alpha value is -3.01. The third-order valence-corrected chi connectivity index (χ3v) is 7.99. The lowest BCUT2D eigenvalue weighted by Gasteiger charge is -2.37. The van der Waals surface area contributed by atoms with E-state index in [9.17, 15) is 14.4 Å². The second-order valence-corrected chi connectivity index (χ2v) is 12.6. The van der Waals surface area contributed by atoms with Crippen molar-refractivity contribution < 1.29 is 23.8 Å². The first kappa shape index (κ1) is 29.0. The van der Waals surface area contributed by atoms with E-state index < -0.39 is 17.5 Å². The number of amides is 2. The third-order valence-electron chi connectivity index (χ3n) is 7.40. The molecule has 3 N–H and O–H groups in total. The molecular formula is C29H38BrN3O6. The summed E-state index contributed by atoms with van der Waals surface area (Å²) < 4.78 is 18.8. The van der Waals surface area contributed by atoms with Gasteiger partial charge in [0.1, 0.15) is 5.60 Å². The summed E-state index contributed by atoms with van der Waals surface area (Å²) in [5.41, 5.74) is 2.50. The summed E-state index contributed by atoms with van der Waals surface area (Å²) in [4.78, 5) is 40.5. The van der Waals surface area contributed by atoms with Gasteiger partial charge in [0.15, 0.2) is 11.5 Å². The highest BCUT2D eigenvalue weighted by Crippen LogP contribution is 2.51. The fourth-order valence-corrected chi connectivity index (χ4v) is 5.84. The number of fused-ring (bicyclic) bond motifs is 1. The van der Waals surface area contributed by atoms with Crippen molar-refractivity contribution in [1.82, 2.24) is 15.6 Å². The van der Waals surface area contributed by atoms with Gasteiger partial charge in [-0.25, -0.2) is 4.79 Å². The predicted octanol–water partition coefficient (Wildman–Crippen LogP) is 5.56. The van der Waals surface area contributed by atoms with Crippen molar-refractivity contribution in [3.63, 3.8) is 0 Å². The van der Waals surface area contributed by atoms with E-state index in [1.165, 1.54) is 0 Å². The fraction of sp³-hybridized carbons (Fsp3) is 0.552. The quantitative estimate of drug-likeness (QED) is 0.411. The van der Waals surface area contributed by atoms with Gasteiger partial charge >= 0.3 is 6.09 Å². The maximum atomic E-state index is 13.2. The van der Waals surface area contributed by atoms with Crippen LogP contribution >= 0.6 is 15.9 Å². The van der Waals surface area contributed by atoms with Gasteiger partial charge in [-0.05, 0) is 101 Å². The van der Waals surface area contributed by atoms with Gasteiger partial charge < -0.3 is 29.8 Å². The molecule has 10 heteroatoms. The summed E-state index contributed by atoms with van der Waals surface area (Å²) in [5, 5.41) is 5.84. The second kappa shape index (κ2) is 10.9. The molecule has 0 radical (unpaired) electrons. The number of carbonyl (C=O) groups is 2. The Balaban J connectivity index is 1.42. The normalized spacial score (nSPS) is 22.4. The van der Waals surface area contributed by atoms with Crippen molar-refractivity contribution in [2.45, 2.75) is 98.1 Å². The van der Waals surface area contributed by atoms with Gasteiger partial charge in [0.05, 0.1) is 4.47 Å². The van der Waals surface area contributed by atoms with E-state index in [0.717, 1.165) is 36.9 Å². The van der Waals surface area contributed by atoms with Crippen molar-refractivity contribution in [3.8, 4) is 11.5 Å². The molecule has 1 aliphatic carbocycles. The number of H-pyrrole nitrogens is 1. The average Bonchev–Trinajstić information content (AvgIpc) is 3.19.